The zero-order valence-corrected chi connectivity index (χ0v) is 12.0. The summed E-state index contributed by atoms with van der Waals surface area (Å²) >= 11 is 1.39. The molecule has 0 aliphatic heterocycles. The smallest absolute Gasteiger partial charge is 0.326 e. The van der Waals surface area contributed by atoms with E-state index in [1.807, 2.05) is 13.0 Å². The number of hydrogen-bond acceptors (Lipinski definition) is 4. The quantitative estimate of drug-likeness (QED) is 0.716. The Morgan fingerprint density at radius 3 is 2.74 bits per heavy atom. The molecule has 19 heavy (non-hydrogen) atoms. The number of aryl methyl sites for hydroxylation is 1. The molecular weight excluding hydrogens is 266 g/mol. The van der Waals surface area contributed by atoms with Crippen LogP contribution in [0.2, 0.25) is 0 Å². The number of methoxy groups -OCH3 is 1. The number of carboxylic acid groups (broad SMARTS) is 1. The van der Waals surface area contributed by atoms with Gasteiger partial charge in [-0.05, 0) is 31.4 Å². The zero-order valence-electron chi connectivity index (χ0n) is 11.1. The van der Waals surface area contributed by atoms with E-state index in [1.54, 1.807) is 13.2 Å². The molecule has 6 heteroatoms. The number of nitrogens with one attached hydrogen (secondary N) is 1. The Kier molecular flexibility index (Phi) is 6.52. The van der Waals surface area contributed by atoms with Gasteiger partial charge in [-0.15, -0.1) is 11.3 Å². The van der Waals surface area contributed by atoms with Crippen LogP contribution in [0.5, 0.6) is 0 Å². The van der Waals surface area contributed by atoms with Crippen LogP contribution in [0.15, 0.2) is 12.1 Å². The first kappa shape index (κ1) is 15.7. The number of carbonyl (C=O) groups is 2. The SMILES string of the molecule is CCc1ccc(C(=O)NC(CCCOC)C(=O)O)s1. The molecule has 0 saturated heterocycles. The number of carbonyl (C=O) groups excluding carboxylic acids is 1. The summed E-state index contributed by atoms with van der Waals surface area (Å²) in [6, 6.07) is 2.75. The molecule has 0 spiro atoms. The number of hydrogen-bond donors (Lipinski definition) is 2. The van der Waals surface area contributed by atoms with E-state index < -0.39 is 12.0 Å². The monoisotopic (exact) mass is 285 g/mol. The molecule has 1 atom stereocenters. The van der Waals surface area contributed by atoms with Crippen molar-refractivity contribution >= 4 is 23.2 Å². The first-order chi connectivity index (χ1) is 9.08. The molecule has 5 nitrogen and oxygen atoms in total. The van der Waals surface area contributed by atoms with Crippen molar-refractivity contribution in [1.29, 1.82) is 0 Å². The lowest BCUT2D eigenvalue weighted by atomic mass is 10.1. The van der Waals surface area contributed by atoms with Gasteiger partial charge in [0, 0.05) is 18.6 Å². The maximum Gasteiger partial charge on any atom is 0.326 e. The second kappa shape index (κ2) is 7.91. The number of ether oxygens (including phenoxy) is 1. The van der Waals surface area contributed by atoms with Crippen molar-refractivity contribution in [2.75, 3.05) is 13.7 Å². The van der Waals surface area contributed by atoms with Crippen molar-refractivity contribution in [2.24, 2.45) is 0 Å². The summed E-state index contributed by atoms with van der Waals surface area (Å²) in [5, 5.41) is 11.6. The maximum absolute atomic E-state index is 11.9. The van der Waals surface area contributed by atoms with Crippen molar-refractivity contribution < 1.29 is 19.4 Å². The molecule has 0 aliphatic rings. The Hall–Kier alpha value is -1.40. The molecular formula is C13H19NO4S. The lowest BCUT2D eigenvalue weighted by Gasteiger charge is -2.13. The van der Waals surface area contributed by atoms with E-state index in [4.69, 9.17) is 9.84 Å². The van der Waals surface area contributed by atoms with Crippen molar-refractivity contribution in [3.05, 3.63) is 21.9 Å². The van der Waals surface area contributed by atoms with E-state index in [-0.39, 0.29) is 5.91 Å². The van der Waals surface area contributed by atoms with Gasteiger partial charge in [-0.25, -0.2) is 4.79 Å². The molecule has 2 N–H and O–H groups in total. The summed E-state index contributed by atoms with van der Waals surface area (Å²) in [6.07, 6.45) is 1.83. The zero-order chi connectivity index (χ0) is 14.3. The number of amides is 1. The average molecular weight is 285 g/mol. The largest absolute Gasteiger partial charge is 0.480 e. The van der Waals surface area contributed by atoms with Gasteiger partial charge in [0.05, 0.1) is 4.88 Å². The first-order valence-corrected chi connectivity index (χ1v) is 7.01. The van der Waals surface area contributed by atoms with Crippen LogP contribution in [0.4, 0.5) is 0 Å². The second-order valence-electron chi connectivity index (χ2n) is 4.12. The van der Waals surface area contributed by atoms with Crippen LogP contribution in [0.25, 0.3) is 0 Å². The van der Waals surface area contributed by atoms with E-state index in [1.165, 1.54) is 11.3 Å². The Morgan fingerprint density at radius 2 is 2.21 bits per heavy atom. The molecule has 0 radical (unpaired) electrons. The summed E-state index contributed by atoms with van der Waals surface area (Å²) in [4.78, 5) is 24.7. The predicted octanol–water partition coefficient (Wildman–Crippen LogP) is 1.92. The van der Waals surface area contributed by atoms with Crippen molar-refractivity contribution in [3.8, 4) is 0 Å². The van der Waals surface area contributed by atoms with E-state index in [0.717, 1.165) is 11.3 Å². The first-order valence-electron chi connectivity index (χ1n) is 6.19. The summed E-state index contributed by atoms with van der Waals surface area (Å²) in [7, 11) is 1.56. The summed E-state index contributed by atoms with van der Waals surface area (Å²) < 4.78 is 4.88. The fourth-order valence-electron chi connectivity index (χ4n) is 1.61. The van der Waals surface area contributed by atoms with E-state index >= 15 is 0 Å². The number of aliphatic carboxylic acids is 1. The van der Waals surface area contributed by atoms with Crippen LogP contribution in [0.1, 0.15) is 34.3 Å². The van der Waals surface area contributed by atoms with Gasteiger partial charge in [0.25, 0.3) is 5.91 Å². The fraction of sp³-hybridized carbons (Fsp3) is 0.538. The predicted molar refractivity (Wildman–Crippen MR) is 73.7 cm³/mol. The highest BCUT2D eigenvalue weighted by molar-refractivity contribution is 7.14. The van der Waals surface area contributed by atoms with Crippen LogP contribution < -0.4 is 5.32 Å². The Morgan fingerprint density at radius 1 is 1.47 bits per heavy atom. The Balaban J connectivity index is 2.57. The third-order valence-corrected chi connectivity index (χ3v) is 3.91. The molecule has 1 heterocycles. The molecule has 0 aromatic carbocycles. The van der Waals surface area contributed by atoms with Gasteiger partial charge >= 0.3 is 5.97 Å². The Labute approximate surface area is 116 Å². The number of rotatable bonds is 8. The van der Waals surface area contributed by atoms with Crippen molar-refractivity contribution in [3.63, 3.8) is 0 Å². The van der Waals surface area contributed by atoms with Gasteiger partial charge in [0.2, 0.25) is 0 Å². The number of carboxylic acids is 1. The fourth-order valence-corrected chi connectivity index (χ4v) is 2.46. The summed E-state index contributed by atoms with van der Waals surface area (Å²) in [5.41, 5.74) is 0. The summed E-state index contributed by atoms with van der Waals surface area (Å²) in [5.74, 6) is -1.34. The standard InChI is InChI=1S/C13H19NO4S/c1-3-9-6-7-11(19-9)12(15)14-10(13(16)17)5-4-8-18-2/h6-7,10H,3-5,8H2,1-2H3,(H,14,15)(H,16,17). The van der Waals surface area contributed by atoms with Crippen LogP contribution in [-0.4, -0.2) is 36.7 Å². The molecule has 1 amide bonds. The van der Waals surface area contributed by atoms with Gasteiger partial charge in [-0.1, -0.05) is 6.92 Å². The van der Waals surface area contributed by atoms with E-state index in [9.17, 15) is 9.59 Å². The van der Waals surface area contributed by atoms with Crippen molar-refractivity contribution in [1.82, 2.24) is 5.32 Å². The lowest BCUT2D eigenvalue weighted by Crippen LogP contribution is -2.40. The van der Waals surface area contributed by atoms with E-state index in [0.29, 0.717) is 24.3 Å². The Bertz CT molecular complexity index is 430. The molecule has 1 unspecified atom stereocenters. The highest BCUT2D eigenvalue weighted by atomic mass is 32.1. The average Bonchev–Trinajstić information content (AvgIpc) is 2.86. The van der Waals surface area contributed by atoms with Gasteiger partial charge in [0.1, 0.15) is 6.04 Å². The van der Waals surface area contributed by atoms with Gasteiger partial charge in [0.15, 0.2) is 0 Å². The molecule has 0 fully saturated rings. The molecule has 0 aliphatic carbocycles. The minimum absolute atomic E-state index is 0.325. The highest BCUT2D eigenvalue weighted by Gasteiger charge is 2.20. The maximum atomic E-state index is 11.9. The van der Waals surface area contributed by atoms with Crippen LogP contribution in [-0.2, 0) is 16.0 Å². The molecule has 1 aromatic rings. The summed E-state index contributed by atoms with van der Waals surface area (Å²) in [6.45, 7) is 2.50. The number of thiophene rings is 1. The minimum Gasteiger partial charge on any atom is -0.480 e. The normalized spacial score (nSPS) is 12.1. The second-order valence-corrected chi connectivity index (χ2v) is 5.29. The van der Waals surface area contributed by atoms with Crippen LogP contribution in [0.3, 0.4) is 0 Å². The van der Waals surface area contributed by atoms with Gasteiger partial charge in [-0.3, -0.25) is 4.79 Å². The molecule has 0 bridgehead atoms. The van der Waals surface area contributed by atoms with Crippen LogP contribution in [0, 0.1) is 0 Å². The topological polar surface area (TPSA) is 75.6 Å². The highest BCUT2D eigenvalue weighted by Crippen LogP contribution is 2.17. The third kappa shape index (κ3) is 5.00. The minimum atomic E-state index is -1.02. The van der Waals surface area contributed by atoms with Crippen molar-refractivity contribution in [2.45, 2.75) is 32.2 Å². The molecule has 1 rings (SSSR count). The van der Waals surface area contributed by atoms with Crippen LogP contribution >= 0.6 is 11.3 Å². The lowest BCUT2D eigenvalue weighted by molar-refractivity contribution is -0.139. The van der Waals surface area contributed by atoms with Gasteiger partial charge < -0.3 is 15.2 Å². The van der Waals surface area contributed by atoms with Gasteiger partial charge in [-0.2, -0.15) is 0 Å². The molecule has 1 aromatic heterocycles. The van der Waals surface area contributed by atoms with E-state index in [2.05, 4.69) is 5.32 Å². The molecule has 106 valence electrons. The third-order valence-electron chi connectivity index (χ3n) is 2.68. The molecule has 0 saturated carbocycles.